The summed E-state index contributed by atoms with van der Waals surface area (Å²) in [6.45, 7) is 2.24. The minimum atomic E-state index is -0.815. The van der Waals surface area contributed by atoms with Crippen molar-refractivity contribution in [2.75, 3.05) is 26.8 Å². The summed E-state index contributed by atoms with van der Waals surface area (Å²) in [7, 11) is 1.70. The Morgan fingerprint density at radius 2 is 1.79 bits per heavy atom. The third kappa shape index (κ3) is 3.26. The molecule has 0 radical (unpaired) electrons. The lowest BCUT2D eigenvalue weighted by Crippen LogP contribution is -2.44. The largest absolute Gasteiger partial charge is 0.481 e. The lowest BCUT2D eigenvalue weighted by atomic mass is 9.92. The lowest BCUT2D eigenvalue weighted by molar-refractivity contribution is -0.149. The van der Waals surface area contributed by atoms with E-state index in [1.165, 1.54) is 0 Å². The van der Waals surface area contributed by atoms with E-state index in [4.69, 9.17) is 9.84 Å². The summed E-state index contributed by atoms with van der Waals surface area (Å²) in [5.74, 6) is -0.987. The molecule has 1 saturated heterocycles. The molecule has 2 unspecified atom stereocenters. The van der Waals surface area contributed by atoms with E-state index in [9.17, 15) is 9.59 Å². The van der Waals surface area contributed by atoms with Crippen molar-refractivity contribution in [3.63, 3.8) is 0 Å². The number of amides is 1. The Morgan fingerprint density at radius 3 is 2.37 bits per heavy atom. The molecule has 0 aromatic rings. The topological polar surface area (TPSA) is 66.8 Å². The maximum absolute atomic E-state index is 12.4. The molecule has 1 aliphatic heterocycles. The number of carboxylic acid groups (broad SMARTS) is 1. The van der Waals surface area contributed by atoms with Crippen molar-refractivity contribution in [1.82, 2.24) is 4.90 Å². The number of carboxylic acids is 1. The van der Waals surface area contributed by atoms with Gasteiger partial charge in [0, 0.05) is 26.8 Å². The Bertz CT molecular complexity index is 336. The number of piperidine rings is 1. The van der Waals surface area contributed by atoms with Gasteiger partial charge in [0.2, 0.25) is 5.91 Å². The van der Waals surface area contributed by atoms with Gasteiger partial charge in [-0.25, -0.2) is 0 Å². The van der Waals surface area contributed by atoms with Gasteiger partial charge in [0.1, 0.15) is 0 Å². The predicted molar refractivity (Wildman–Crippen MR) is 69.6 cm³/mol. The van der Waals surface area contributed by atoms with Gasteiger partial charge in [-0.2, -0.15) is 0 Å². The fourth-order valence-corrected chi connectivity index (χ4v) is 3.34. The van der Waals surface area contributed by atoms with Crippen molar-refractivity contribution in [2.45, 2.75) is 32.1 Å². The molecule has 2 atom stereocenters. The van der Waals surface area contributed by atoms with Crippen LogP contribution in [-0.2, 0) is 14.3 Å². The van der Waals surface area contributed by atoms with E-state index in [1.807, 2.05) is 4.90 Å². The maximum Gasteiger partial charge on any atom is 0.307 e. The van der Waals surface area contributed by atoms with Gasteiger partial charge in [-0.1, -0.05) is 6.42 Å². The van der Waals surface area contributed by atoms with E-state index in [1.54, 1.807) is 7.11 Å². The minimum absolute atomic E-state index is 0.0563. The van der Waals surface area contributed by atoms with Crippen LogP contribution in [0.25, 0.3) is 0 Å². The lowest BCUT2D eigenvalue weighted by Gasteiger charge is -2.34. The quantitative estimate of drug-likeness (QED) is 0.837. The summed E-state index contributed by atoms with van der Waals surface area (Å²) >= 11 is 0. The van der Waals surface area contributed by atoms with Crippen LogP contribution < -0.4 is 0 Å². The molecule has 108 valence electrons. The highest BCUT2D eigenvalue weighted by Gasteiger charge is 2.40. The molecular formula is C14H23NO4. The monoisotopic (exact) mass is 269 g/mol. The number of methoxy groups -OCH3 is 1. The maximum atomic E-state index is 12.4. The van der Waals surface area contributed by atoms with Crippen LogP contribution in [0.1, 0.15) is 32.1 Å². The van der Waals surface area contributed by atoms with Crippen LogP contribution in [0.4, 0.5) is 0 Å². The first-order chi connectivity index (χ1) is 9.13. The van der Waals surface area contributed by atoms with E-state index in [-0.39, 0.29) is 11.8 Å². The number of aliphatic carboxylic acids is 1. The van der Waals surface area contributed by atoms with Crippen LogP contribution in [0.15, 0.2) is 0 Å². The van der Waals surface area contributed by atoms with Gasteiger partial charge < -0.3 is 14.7 Å². The molecule has 0 aromatic carbocycles. The molecule has 5 nitrogen and oxygen atoms in total. The number of hydrogen-bond acceptors (Lipinski definition) is 3. The average molecular weight is 269 g/mol. The summed E-state index contributed by atoms with van der Waals surface area (Å²) < 4.78 is 5.14. The molecule has 0 bridgehead atoms. The van der Waals surface area contributed by atoms with Gasteiger partial charge in [-0.05, 0) is 31.6 Å². The van der Waals surface area contributed by atoms with Crippen LogP contribution >= 0.6 is 0 Å². The smallest absolute Gasteiger partial charge is 0.307 e. The van der Waals surface area contributed by atoms with E-state index in [2.05, 4.69) is 0 Å². The molecule has 0 spiro atoms. The van der Waals surface area contributed by atoms with Crippen molar-refractivity contribution in [1.29, 1.82) is 0 Å². The third-order valence-corrected chi connectivity index (χ3v) is 4.48. The highest BCUT2D eigenvalue weighted by Crippen LogP contribution is 2.34. The Hall–Kier alpha value is -1.10. The molecule has 1 heterocycles. The number of ether oxygens (including phenoxy) is 1. The fraction of sp³-hybridized carbons (Fsp3) is 0.857. The molecule has 1 aliphatic carbocycles. The zero-order chi connectivity index (χ0) is 13.8. The van der Waals surface area contributed by atoms with Crippen LogP contribution in [0.3, 0.4) is 0 Å². The van der Waals surface area contributed by atoms with Crippen molar-refractivity contribution < 1.29 is 19.4 Å². The van der Waals surface area contributed by atoms with Crippen LogP contribution in [0.2, 0.25) is 0 Å². The summed E-state index contributed by atoms with van der Waals surface area (Å²) in [4.78, 5) is 25.4. The molecule has 1 N–H and O–H groups in total. The van der Waals surface area contributed by atoms with Crippen molar-refractivity contribution >= 4 is 11.9 Å². The summed E-state index contributed by atoms with van der Waals surface area (Å²) in [5.41, 5.74) is 0. The number of nitrogens with zero attached hydrogens (tertiary/aromatic N) is 1. The summed E-state index contributed by atoms with van der Waals surface area (Å²) in [6.07, 6.45) is 4.15. The number of hydrogen-bond donors (Lipinski definition) is 1. The fourth-order valence-electron chi connectivity index (χ4n) is 3.34. The average Bonchev–Trinajstić information content (AvgIpc) is 2.88. The minimum Gasteiger partial charge on any atom is -0.481 e. The second-order valence-corrected chi connectivity index (χ2v) is 5.71. The Balaban J connectivity index is 1.89. The molecule has 5 heteroatoms. The van der Waals surface area contributed by atoms with E-state index < -0.39 is 11.9 Å². The Kier molecular flexibility index (Phi) is 4.80. The first-order valence-corrected chi connectivity index (χ1v) is 7.14. The number of carbonyl (C=O) groups is 2. The SMILES string of the molecule is COCC1CCN(C(=O)C2CCCC2C(=O)O)CC1. The van der Waals surface area contributed by atoms with E-state index in [0.29, 0.717) is 12.3 Å². The van der Waals surface area contributed by atoms with Crippen LogP contribution in [-0.4, -0.2) is 48.7 Å². The second-order valence-electron chi connectivity index (χ2n) is 5.71. The molecule has 0 aromatic heterocycles. The highest BCUT2D eigenvalue weighted by atomic mass is 16.5. The van der Waals surface area contributed by atoms with Crippen LogP contribution in [0, 0.1) is 17.8 Å². The first-order valence-electron chi connectivity index (χ1n) is 7.14. The van der Waals surface area contributed by atoms with Gasteiger partial charge in [0.15, 0.2) is 0 Å². The molecule has 2 fully saturated rings. The normalized spacial score (nSPS) is 28.6. The molecule has 1 saturated carbocycles. The zero-order valence-corrected chi connectivity index (χ0v) is 11.5. The van der Waals surface area contributed by atoms with Gasteiger partial charge in [-0.3, -0.25) is 9.59 Å². The molecule has 2 rings (SSSR count). The summed E-state index contributed by atoms with van der Waals surface area (Å²) in [6, 6.07) is 0. The Labute approximate surface area is 113 Å². The van der Waals surface area contributed by atoms with Crippen molar-refractivity contribution in [2.24, 2.45) is 17.8 Å². The van der Waals surface area contributed by atoms with E-state index >= 15 is 0 Å². The third-order valence-electron chi connectivity index (χ3n) is 4.48. The van der Waals surface area contributed by atoms with Crippen molar-refractivity contribution in [3.05, 3.63) is 0 Å². The Morgan fingerprint density at radius 1 is 1.16 bits per heavy atom. The van der Waals surface area contributed by atoms with E-state index in [0.717, 1.165) is 45.4 Å². The van der Waals surface area contributed by atoms with Gasteiger partial charge in [-0.15, -0.1) is 0 Å². The number of carbonyl (C=O) groups excluding carboxylic acids is 1. The highest BCUT2D eigenvalue weighted by molar-refractivity contribution is 5.85. The molecule has 19 heavy (non-hydrogen) atoms. The summed E-state index contributed by atoms with van der Waals surface area (Å²) in [5, 5.41) is 9.16. The zero-order valence-electron chi connectivity index (χ0n) is 11.5. The van der Waals surface area contributed by atoms with Crippen molar-refractivity contribution in [3.8, 4) is 0 Å². The number of likely N-dealkylation sites (tertiary alicyclic amines) is 1. The van der Waals surface area contributed by atoms with Crippen LogP contribution in [0.5, 0.6) is 0 Å². The molecule has 1 amide bonds. The molecule has 2 aliphatic rings. The van der Waals surface area contributed by atoms with Gasteiger partial charge in [0.05, 0.1) is 11.8 Å². The standard InChI is InChI=1S/C14H23NO4/c1-19-9-10-5-7-15(8-6-10)13(16)11-3-2-4-12(11)14(17)18/h10-12H,2-9H2,1H3,(H,17,18). The molecular weight excluding hydrogens is 246 g/mol. The van der Waals surface area contributed by atoms with Gasteiger partial charge >= 0.3 is 5.97 Å². The predicted octanol–water partition coefficient (Wildman–Crippen LogP) is 1.37. The first kappa shape index (κ1) is 14.3. The second kappa shape index (κ2) is 6.37. The number of rotatable bonds is 4. The van der Waals surface area contributed by atoms with Gasteiger partial charge in [0.25, 0.3) is 0 Å².